The first-order chi connectivity index (χ1) is 21.3. The Hall–Kier alpha value is -5.68. The Morgan fingerprint density at radius 3 is 2.21 bits per heavy atom. The molecule has 0 aliphatic carbocycles. The Bertz CT molecular complexity index is 2310. The topological polar surface area (TPSA) is 61.9 Å². The summed E-state index contributed by atoms with van der Waals surface area (Å²) in [6.07, 6.45) is 3.53. The molecule has 0 bridgehead atoms. The zero-order valence-corrected chi connectivity index (χ0v) is 23.2. The van der Waals surface area contributed by atoms with Crippen molar-refractivity contribution in [3.8, 4) is 0 Å². The summed E-state index contributed by atoms with van der Waals surface area (Å²) in [5.74, 6) is 2.45. The van der Waals surface area contributed by atoms with E-state index < -0.39 is 6.17 Å². The van der Waals surface area contributed by atoms with Crippen molar-refractivity contribution in [1.29, 1.82) is 0 Å². The van der Waals surface area contributed by atoms with Crippen LogP contribution in [0.5, 0.6) is 0 Å². The second-order valence-electron chi connectivity index (χ2n) is 11.1. The minimum Gasteiger partial charge on any atom is -0.456 e. The first-order valence-corrected chi connectivity index (χ1v) is 14.6. The average Bonchev–Trinajstić information content (AvgIpc) is 3.47. The predicted molar refractivity (Wildman–Crippen MR) is 176 cm³/mol. The van der Waals surface area contributed by atoms with Gasteiger partial charge in [0.05, 0.1) is 0 Å². The number of aliphatic imine (C=N–C) groups is 2. The molecule has 0 saturated carbocycles. The van der Waals surface area contributed by atoms with Crippen LogP contribution in [0.15, 0.2) is 142 Å². The molecular weight excluding hydrogens is 528 g/mol. The molecule has 6 aromatic carbocycles. The van der Waals surface area contributed by atoms with Crippen molar-refractivity contribution >= 4 is 61.0 Å². The van der Waals surface area contributed by atoms with E-state index in [1.54, 1.807) is 0 Å². The number of nitrogens with zero attached hydrogens (tertiary/aromatic N) is 2. The number of hydrogen-bond acceptors (Lipinski definition) is 5. The van der Waals surface area contributed by atoms with Gasteiger partial charge in [-0.05, 0) is 56.1 Å². The standard InChI is InChI=1S/C38H26N4O/c1-2-11-24(12-3-1)36-40-37(42-38(41-36)35-34-29-16-8-9-17-32(29)43-33(34)20-21-39-35)31-22-30-25-13-5-4-10-23(25)18-19-28(30)26-14-6-7-15-27(26)31/h1-22,35-36,39H,(H,40,41,42). The van der Waals surface area contributed by atoms with Gasteiger partial charge in [0.2, 0.25) is 0 Å². The first kappa shape index (κ1) is 24.0. The van der Waals surface area contributed by atoms with Gasteiger partial charge in [-0.1, -0.05) is 109 Å². The molecule has 7 aromatic rings. The van der Waals surface area contributed by atoms with Crippen molar-refractivity contribution in [2.45, 2.75) is 12.2 Å². The molecule has 0 amide bonds. The van der Waals surface area contributed by atoms with E-state index in [9.17, 15) is 0 Å². The molecule has 0 spiro atoms. The molecule has 2 aliphatic heterocycles. The number of amidine groups is 2. The highest BCUT2D eigenvalue weighted by atomic mass is 16.3. The van der Waals surface area contributed by atoms with E-state index in [1.165, 1.54) is 26.9 Å². The van der Waals surface area contributed by atoms with Crippen LogP contribution in [-0.2, 0) is 0 Å². The number of nitrogens with one attached hydrogen (secondary N) is 2. The van der Waals surface area contributed by atoms with Crippen molar-refractivity contribution in [2.24, 2.45) is 9.98 Å². The van der Waals surface area contributed by atoms with Crippen molar-refractivity contribution in [3.05, 3.63) is 150 Å². The molecule has 204 valence electrons. The second-order valence-corrected chi connectivity index (χ2v) is 11.1. The van der Waals surface area contributed by atoms with Gasteiger partial charge in [-0.2, -0.15) is 0 Å². The first-order valence-electron chi connectivity index (χ1n) is 14.6. The van der Waals surface area contributed by atoms with Crippen LogP contribution in [0.4, 0.5) is 0 Å². The molecule has 2 N–H and O–H groups in total. The molecule has 43 heavy (non-hydrogen) atoms. The largest absolute Gasteiger partial charge is 0.456 e. The summed E-state index contributed by atoms with van der Waals surface area (Å²) in [4.78, 5) is 10.5. The summed E-state index contributed by atoms with van der Waals surface area (Å²) in [5.41, 5.74) is 4.03. The highest BCUT2D eigenvalue weighted by Gasteiger charge is 2.32. The Balaban J connectivity index is 1.27. The SMILES string of the molecule is C1=Cc2oc3ccccc3c2C(C2=NC(c3ccccc3)N=C(c3cc4c5ccccc5ccc4c4ccccc34)N2)N1. The molecule has 2 aliphatic rings. The van der Waals surface area contributed by atoms with E-state index in [0.717, 1.165) is 50.5 Å². The maximum absolute atomic E-state index is 6.24. The summed E-state index contributed by atoms with van der Waals surface area (Å²) >= 11 is 0. The van der Waals surface area contributed by atoms with Crippen LogP contribution in [0.3, 0.4) is 0 Å². The molecule has 0 saturated heterocycles. The zero-order valence-electron chi connectivity index (χ0n) is 23.2. The lowest BCUT2D eigenvalue weighted by atomic mass is 9.93. The number of para-hydroxylation sites is 1. The smallest absolute Gasteiger partial charge is 0.169 e. The van der Waals surface area contributed by atoms with Gasteiger partial charge in [0, 0.05) is 22.7 Å². The third-order valence-corrected chi connectivity index (χ3v) is 8.60. The monoisotopic (exact) mass is 554 g/mol. The second kappa shape index (κ2) is 9.43. The Morgan fingerprint density at radius 2 is 1.33 bits per heavy atom. The van der Waals surface area contributed by atoms with Crippen molar-refractivity contribution in [3.63, 3.8) is 0 Å². The number of benzene rings is 6. The van der Waals surface area contributed by atoms with Gasteiger partial charge in [0.1, 0.15) is 29.1 Å². The predicted octanol–water partition coefficient (Wildman–Crippen LogP) is 8.65. The van der Waals surface area contributed by atoms with Gasteiger partial charge >= 0.3 is 0 Å². The van der Waals surface area contributed by atoms with Crippen LogP contribution >= 0.6 is 0 Å². The van der Waals surface area contributed by atoms with Gasteiger partial charge in [0.25, 0.3) is 0 Å². The Kier molecular flexibility index (Phi) is 5.26. The van der Waals surface area contributed by atoms with Gasteiger partial charge in [-0.25, -0.2) is 9.98 Å². The van der Waals surface area contributed by atoms with Crippen molar-refractivity contribution < 1.29 is 4.42 Å². The highest BCUT2D eigenvalue weighted by molar-refractivity contribution is 6.25. The van der Waals surface area contributed by atoms with E-state index in [2.05, 4.69) is 102 Å². The number of furan rings is 1. The number of fused-ring (bicyclic) bond motifs is 8. The third kappa shape index (κ3) is 3.78. The van der Waals surface area contributed by atoms with E-state index in [0.29, 0.717) is 0 Å². The van der Waals surface area contributed by atoms with Gasteiger partial charge in [-0.15, -0.1) is 0 Å². The normalized spacial score (nSPS) is 17.9. The van der Waals surface area contributed by atoms with Gasteiger partial charge < -0.3 is 15.1 Å². The lowest BCUT2D eigenvalue weighted by Crippen LogP contribution is -2.43. The van der Waals surface area contributed by atoms with Crippen LogP contribution in [0.2, 0.25) is 0 Å². The van der Waals surface area contributed by atoms with Crippen LogP contribution in [0.1, 0.15) is 34.7 Å². The minimum absolute atomic E-state index is 0.229. The van der Waals surface area contributed by atoms with Gasteiger partial charge in [-0.3, -0.25) is 0 Å². The number of rotatable bonds is 3. The summed E-state index contributed by atoms with van der Waals surface area (Å²) in [5, 5.41) is 15.6. The van der Waals surface area contributed by atoms with E-state index in [-0.39, 0.29) is 6.04 Å². The minimum atomic E-state index is -0.399. The summed E-state index contributed by atoms with van der Waals surface area (Å²) in [6.45, 7) is 0. The van der Waals surface area contributed by atoms with Gasteiger partial charge in [0.15, 0.2) is 6.17 Å². The van der Waals surface area contributed by atoms with E-state index in [1.807, 2.05) is 42.6 Å². The molecule has 1 aromatic heterocycles. The van der Waals surface area contributed by atoms with E-state index >= 15 is 0 Å². The average molecular weight is 555 g/mol. The fourth-order valence-corrected chi connectivity index (χ4v) is 6.61. The molecular formula is C38H26N4O. The molecule has 3 heterocycles. The van der Waals surface area contributed by atoms with Crippen LogP contribution in [0.25, 0.3) is 49.4 Å². The third-order valence-electron chi connectivity index (χ3n) is 8.60. The maximum Gasteiger partial charge on any atom is 0.169 e. The molecule has 5 heteroatoms. The Morgan fingerprint density at radius 1 is 0.605 bits per heavy atom. The highest BCUT2D eigenvalue weighted by Crippen LogP contribution is 2.38. The summed E-state index contributed by atoms with van der Waals surface area (Å²) in [6, 6.07) is 42.2. The molecule has 9 rings (SSSR count). The van der Waals surface area contributed by atoms with Crippen molar-refractivity contribution in [1.82, 2.24) is 10.6 Å². The van der Waals surface area contributed by atoms with E-state index in [4.69, 9.17) is 14.4 Å². The molecule has 2 atom stereocenters. The molecule has 5 nitrogen and oxygen atoms in total. The summed E-state index contributed by atoms with van der Waals surface area (Å²) < 4.78 is 6.24. The zero-order chi connectivity index (χ0) is 28.3. The summed E-state index contributed by atoms with van der Waals surface area (Å²) in [7, 11) is 0. The number of hydrogen-bond donors (Lipinski definition) is 2. The van der Waals surface area contributed by atoms with Crippen LogP contribution in [0, 0.1) is 0 Å². The molecule has 2 unspecified atom stereocenters. The lowest BCUT2D eigenvalue weighted by molar-refractivity contribution is 0.585. The molecule has 0 radical (unpaired) electrons. The lowest BCUT2D eigenvalue weighted by Gasteiger charge is -2.29. The van der Waals surface area contributed by atoms with Crippen LogP contribution < -0.4 is 10.6 Å². The maximum atomic E-state index is 6.24. The fourth-order valence-electron chi connectivity index (χ4n) is 6.61. The molecule has 0 fully saturated rings. The quantitative estimate of drug-likeness (QED) is 0.215. The fraction of sp³-hybridized carbons (Fsp3) is 0.0526. The van der Waals surface area contributed by atoms with Crippen LogP contribution in [-0.4, -0.2) is 11.7 Å². The Labute approximate surface area is 247 Å². The van der Waals surface area contributed by atoms with Crippen molar-refractivity contribution in [2.75, 3.05) is 0 Å².